The van der Waals surface area contributed by atoms with E-state index in [0.29, 0.717) is 18.0 Å². The van der Waals surface area contributed by atoms with Crippen molar-refractivity contribution in [3.63, 3.8) is 0 Å². The van der Waals surface area contributed by atoms with Gasteiger partial charge in [0, 0.05) is 17.5 Å². The first kappa shape index (κ1) is 17.0. The zero-order valence-electron chi connectivity index (χ0n) is 13.9. The lowest BCUT2D eigenvalue weighted by atomic mass is 9.86. The van der Waals surface area contributed by atoms with Crippen molar-refractivity contribution in [3.8, 4) is 0 Å². The second kappa shape index (κ2) is 8.34. The van der Waals surface area contributed by atoms with Gasteiger partial charge >= 0.3 is 0 Å². The van der Waals surface area contributed by atoms with Crippen molar-refractivity contribution in [1.29, 1.82) is 0 Å². The van der Waals surface area contributed by atoms with E-state index in [0.717, 1.165) is 23.7 Å². The molecule has 1 N–H and O–H groups in total. The van der Waals surface area contributed by atoms with Crippen LogP contribution in [-0.2, 0) is 11.3 Å². The first-order chi connectivity index (χ1) is 11.7. The van der Waals surface area contributed by atoms with Crippen LogP contribution in [0.2, 0.25) is 5.02 Å². The first-order valence-corrected chi connectivity index (χ1v) is 9.15. The highest BCUT2D eigenvalue weighted by Crippen LogP contribution is 2.27. The van der Waals surface area contributed by atoms with Crippen LogP contribution >= 0.6 is 11.6 Å². The van der Waals surface area contributed by atoms with Crippen LogP contribution in [0.25, 0.3) is 0 Å². The van der Waals surface area contributed by atoms with E-state index in [-0.39, 0.29) is 5.91 Å². The van der Waals surface area contributed by atoms with Crippen LogP contribution in [0.4, 0.5) is 5.82 Å². The third kappa shape index (κ3) is 4.60. The summed E-state index contributed by atoms with van der Waals surface area (Å²) in [6, 6.07) is 9.52. The fourth-order valence-corrected chi connectivity index (χ4v) is 3.56. The Morgan fingerprint density at radius 3 is 2.79 bits per heavy atom. The maximum Gasteiger partial charge on any atom is 0.225 e. The van der Waals surface area contributed by atoms with Crippen molar-refractivity contribution >= 4 is 23.3 Å². The molecule has 24 heavy (non-hydrogen) atoms. The van der Waals surface area contributed by atoms with Crippen molar-refractivity contribution in [2.75, 3.05) is 5.32 Å². The Bertz CT molecular complexity index is 677. The summed E-state index contributed by atoms with van der Waals surface area (Å²) in [7, 11) is 0. The number of carbonyl (C=O) groups excluding carboxylic acids is 1. The molecule has 0 atom stereocenters. The summed E-state index contributed by atoms with van der Waals surface area (Å²) < 4.78 is 1.78. The smallest absolute Gasteiger partial charge is 0.225 e. The molecule has 0 bridgehead atoms. The minimum absolute atomic E-state index is 0.0708. The van der Waals surface area contributed by atoms with Crippen LogP contribution in [0.3, 0.4) is 0 Å². The van der Waals surface area contributed by atoms with Crippen LogP contribution in [0, 0.1) is 5.92 Å². The van der Waals surface area contributed by atoms with Crippen molar-refractivity contribution in [3.05, 3.63) is 47.1 Å². The zero-order valence-corrected chi connectivity index (χ0v) is 14.6. The minimum Gasteiger partial charge on any atom is -0.311 e. The highest BCUT2D eigenvalue weighted by molar-refractivity contribution is 6.31. The van der Waals surface area contributed by atoms with Crippen LogP contribution in [0.1, 0.15) is 50.5 Å². The van der Waals surface area contributed by atoms with E-state index >= 15 is 0 Å². The van der Waals surface area contributed by atoms with E-state index in [2.05, 4.69) is 10.4 Å². The van der Waals surface area contributed by atoms with Gasteiger partial charge < -0.3 is 5.32 Å². The number of anilines is 1. The molecular formula is C19H24ClN3O. The SMILES string of the molecule is O=C(CCC1CCCCC1)Nc1ccnn1Cc1ccccc1Cl. The summed E-state index contributed by atoms with van der Waals surface area (Å²) in [6.07, 6.45) is 9.81. The maximum atomic E-state index is 12.2. The van der Waals surface area contributed by atoms with Gasteiger partial charge in [0.15, 0.2) is 0 Å². The van der Waals surface area contributed by atoms with Crippen LogP contribution in [-0.4, -0.2) is 15.7 Å². The number of halogens is 1. The van der Waals surface area contributed by atoms with Crippen LogP contribution in [0.5, 0.6) is 0 Å². The molecule has 128 valence electrons. The minimum atomic E-state index is 0.0708. The average molecular weight is 346 g/mol. The van der Waals surface area contributed by atoms with Gasteiger partial charge in [-0.25, -0.2) is 4.68 Å². The highest BCUT2D eigenvalue weighted by atomic mass is 35.5. The van der Waals surface area contributed by atoms with Gasteiger partial charge in [-0.05, 0) is 24.0 Å². The molecule has 1 aromatic carbocycles. The van der Waals surface area contributed by atoms with E-state index in [9.17, 15) is 4.79 Å². The Labute approximate surface area is 148 Å². The number of hydrogen-bond acceptors (Lipinski definition) is 2. The molecule has 1 aliphatic rings. The summed E-state index contributed by atoms with van der Waals surface area (Å²) in [4.78, 5) is 12.2. The molecule has 4 nitrogen and oxygen atoms in total. The maximum absolute atomic E-state index is 12.2. The average Bonchev–Trinajstić information content (AvgIpc) is 3.03. The molecule has 1 amide bonds. The number of carbonyl (C=O) groups is 1. The summed E-state index contributed by atoms with van der Waals surface area (Å²) >= 11 is 6.21. The third-order valence-electron chi connectivity index (χ3n) is 4.77. The van der Waals surface area contributed by atoms with E-state index in [1.165, 1.54) is 32.1 Å². The van der Waals surface area contributed by atoms with Gasteiger partial charge in [0.1, 0.15) is 5.82 Å². The second-order valence-electron chi connectivity index (χ2n) is 6.56. The summed E-state index contributed by atoms with van der Waals surface area (Å²) in [5.41, 5.74) is 0.987. The first-order valence-electron chi connectivity index (χ1n) is 8.77. The van der Waals surface area contributed by atoms with Gasteiger partial charge in [-0.3, -0.25) is 4.79 Å². The summed E-state index contributed by atoms with van der Waals surface area (Å²) in [5, 5.41) is 8.00. The van der Waals surface area contributed by atoms with Gasteiger partial charge in [0.25, 0.3) is 0 Å². The van der Waals surface area contributed by atoms with Crippen LogP contribution in [0.15, 0.2) is 36.5 Å². The fourth-order valence-electron chi connectivity index (χ4n) is 3.37. The Morgan fingerprint density at radius 1 is 1.21 bits per heavy atom. The fraction of sp³-hybridized carbons (Fsp3) is 0.474. The molecule has 0 unspecified atom stereocenters. The summed E-state index contributed by atoms with van der Waals surface area (Å²) in [5.74, 6) is 1.52. The molecule has 0 spiro atoms. The van der Waals surface area contributed by atoms with Crippen molar-refractivity contribution < 1.29 is 4.79 Å². The molecule has 1 aliphatic carbocycles. The molecular weight excluding hydrogens is 322 g/mol. The lowest BCUT2D eigenvalue weighted by Gasteiger charge is -2.21. The predicted octanol–water partition coefficient (Wildman–Crippen LogP) is 4.88. The quantitative estimate of drug-likeness (QED) is 0.810. The van der Waals surface area contributed by atoms with Gasteiger partial charge in [-0.2, -0.15) is 5.10 Å². The Morgan fingerprint density at radius 2 is 2.00 bits per heavy atom. The van der Waals surface area contributed by atoms with E-state index < -0.39 is 0 Å². The molecule has 5 heteroatoms. The van der Waals surface area contributed by atoms with Crippen molar-refractivity contribution in [1.82, 2.24) is 9.78 Å². The molecule has 1 fully saturated rings. The van der Waals surface area contributed by atoms with Gasteiger partial charge in [0.2, 0.25) is 5.91 Å². The van der Waals surface area contributed by atoms with Gasteiger partial charge in [0.05, 0.1) is 12.7 Å². The Kier molecular flexibility index (Phi) is 5.91. The number of nitrogens with one attached hydrogen (secondary N) is 1. The number of aromatic nitrogens is 2. The molecule has 0 aliphatic heterocycles. The summed E-state index contributed by atoms with van der Waals surface area (Å²) in [6.45, 7) is 0.547. The largest absolute Gasteiger partial charge is 0.311 e. The normalized spacial score (nSPS) is 15.4. The van der Waals surface area contributed by atoms with Crippen LogP contribution < -0.4 is 5.32 Å². The lowest BCUT2D eigenvalue weighted by Crippen LogP contribution is -2.17. The molecule has 2 aromatic rings. The molecule has 0 radical (unpaired) electrons. The molecule has 1 aromatic heterocycles. The number of benzene rings is 1. The monoisotopic (exact) mass is 345 g/mol. The number of hydrogen-bond donors (Lipinski definition) is 1. The molecule has 3 rings (SSSR count). The Hall–Kier alpha value is -1.81. The van der Waals surface area contributed by atoms with Crippen molar-refractivity contribution in [2.24, 2.45) is 5.92 Å². The molecule has 0 saturated heterocycles. The number of nitrogens with zero attached hydrogens (tertiary/aromatic N) is 2. The third-order valence-corrected chi connectivity index (χ3v) is 5.14. The van der Waals surface area contributed by atoms with Gasteiger partial charge in [-0.15, -0.1) is 0 Å². The highest BCUT2D eigenvalue weighted by Gasteiger charge is 2.15. The number of rotatable bonds is 6. The van der Waals surface area contributed by atoms with E-state index in [1.807, 2.05) is 30.3 Å². The zero-order chi connectivity index (χ0) is 16.8. The number of amides is 1. The van der Waals surface area contributed by atoms with Gasteiger partial charge in [-0.1, -0.05) is 61.9 Å². The lowest BCUT2D eigenvalue weighted by molar-refractivity contribution is -0.116. The predicted molar refractivity (Wildman–Crippen MR) is 97.2 cm³/mol. The standard InChI is InChI=1S/C19H24ClN3O/c20-17-9-5-4-8-16(17)14-23-18(12-13-21-23)22-19(24)11-10-15-6-2-1-3-7-15/h4-5,8-9,12-13,15H,1-3,6-7,10-11,14H2,(H,22,24). The topological polar surface area (TPSA) is 46.9 Å². The second-order valence-corrected chi connectivity index (χ2v) is 6.96. The van der Waals surface area contributed by atoms with E-state index in [1.54, 1.807) is 10.9 Å². The molecule has 1 saturated carbocycles. The van der Waals surface area contributed by atoms with Crippen molar-refractivity contribution in [2.45, 2.75) is 51.5 Å². The van der Waals surface area contributed by atoms with E-state index in [4.69, 9.17) is 11.6 Å². The Balaban J connectivity index is 1.55. The molecule has 1 heterocycles.